The van der Waals surface area contributed by atoms with Crippen LogP contribution in [0.2, 0.25) is 0 Å². The van der Waals surface area contributed by atoms with Crippen LogP contribution in [-0.4, -0.2) is 62.4 Å². The highest BCUT2D eigenvalue weighted by atomic mass is 79.9. The second kappa shape index (κ2) is 10.5. The molecule has 0 fully saturated rings. The predicted octanol–water partition coefficient (Wildman–Crippen LogP) is 3.48. The van der Waals surface area contributed by atoms with Crippen LogP contribution in [0.5, 0.6) is 0 Å². The molecule has 1 heterocycles. The summed E-state index contributed by atoms with van der Waals surface area (Å²) < 4.78 is 38.6. The van der Waals surface area contributed by atoms with E-state index < -0.39 is 27.8 Å². The number of methoxy groups -OCH3 is 1. The molecular formula is C21H27BrN2O6S. The molecule has 0 bridgehead atoms. The average Bonchev–Trinajstić information content (AvgIpc) is 3.02. The minimum Gasteiger partial charge on any atom is -0.461 e. The fraction of sp³-hybridized carbons (Fsp3) is 0.429. The van der Waals surface area contributed by atoms with Crippen molar-refractivity contribution in [3.63, 3.8) is 0 Å². The molecule has 1 atom stereocenters. The number of sulfonamides is 1. The van der Waals surface area contributed by atoms with Gasteiger partial charge < -0.3 is 14.5 Å². The molecule has 2 rings (SSSR count). The number of nitrogens with one attached hydrogen (secondary N) is 1. The van der Waals surface area contributed by atoms with Crippen LogP contribution in [0, 0.1) is 13.8 Å². The van der Waals surface area contributed by atoms with Gasteiger partial charge in [0.05, 0.1) is 24.2 Å². The summed E-state index contributed by atoms with van der Waals surface area (Å²) in [5, 5.41) is 0. The van der Waals surface area contributed by atoms with Gasteiger partial charge in [-0.2, -0.15) is 4.31 Å². The van der Waals surface area contributed by atoms with Crippen LogP contribution in [0.25, 0.3) is 0 Å². The minimum absolute atomic E-state index is 0.00491. The molecule has 0 saturated heterocycles. The summed E-state index contributed by atoms with van der Waals surface area (Å²) in [5.41, 5.74) is 1.38. The van der Waals surface area contributed by atoms with Gasteiger partial charge in [-0.05, 0) is 57.5 Å². The molecule has 1 aromatic carbocycles. The van der Waals surface area contributed by atoms with Gasteiger partial charge in [0.1, 0.15) is 5.69 Å². The maximum absolute atomic E-state index is 13.4. The largest absolute Gasteiger partial charge is 0.461 e. The van der Waals surface area contributed by atoms with E-state index in [1.165, 1.54) is 26.2 Å². The Morgan fingerprint density at radius 2 is 1.81 bits per heavy atom. The number of rotatable bonds is 10. The van der Waals surface area contributed by atoms with Crippen LogP contribution in [-0.2, 0) is 19.5 Å². The van der Waals surface area contributed by atoms with E-state index in [0.29, 0.717) is 11.3 Å². The number of H-pyrrole nitrogens is 1. The monoisotopic (exact) mass is 514 g/mol. The molecule has 0 aliphatic rings. The molecule has 0 aliphatic heterocycles. The number of esters is 1. The van der Waals surface area contributed by atoms with Crippen molar-refractivity contribution in [1.82, 2.24) is 9.29 Å². The molecule has 8 nitrogen and oxygen atoms in total. The third-order valence-corrected chi connectivity index (χ3v) is 7.42. The first-order chi connectivity index (χ1) is 14.6. The average molecular weight is 515 g/mol. The summed E-state index contributed by atoms with van der Waals surface area (Å²) >= 11 is 3.29. The van der Waals surface area contributed by atoms with Gasteiger partial charge in [0.15, 0.2) is 5.78 Å². The van der Waals surface area contributed by atoms with Crippen molar-refractivity contribution >= 4 is 37.7 Å². The SMILES string of the molecule is CCOC(=O)c1[nH]c(C)c(C(=O)C(C)N(CCOC)S(=O)(=O)c2ccc(Br)cc2)c1C. The highest BCUT2D eigenvalue weighted by molar-refractivity contribution is 9.10. The zero-order valence-corrected chi connectivity index (χ0v) is 20.6. The topological polar surface area (TPSA) is 106 Å². The van der Waals surface area contributed by atoms with Crippen LogP contribution < -0.4 is 0 Å². The number of aromatic nitrogens is 1. The number of aromatic amines is 1. The van der Waals surface area contributed by atoms with Gasteiger partial charge in [-0.25, -0.2) is 13.2 Å². The van der Waals surface area contributed by atoms with Crippen molar-refractivity contribution in [2.24, 2.45) is 0 Å². The first-order valence-electron chi connectivity index (χ1n) is 9.73. The lowest BCUT2D eigenvalue weighted by molar-refractivity contribution is 0.0519. The lowest BCUT2D eigenvalue weighted by Crippen LogP contribution is -2.45. The number of carbonyl (C=O) groups excluding carboxylic acids is 2. The summed E-state index contributed by atoms with van der Waals surface area (Å²) in [7, 11) is -2.52. The number of halogens is 1. The molecule has 31 heavy (non-hydrogen) atoms. The van der Waals surface area contributed by atoms with Crippen molar-refractivity contribution in [2.75, 3.05) is 26.9 Å². The number of nitrogens with zero attached hydrogens (tertiary/aromatic N) is 1. The number of ether oxygens (including phenoxy) is 2. The zero-order chi connectivity index (χ0) is 23.3. The van der Waals surface area contributed by atoms with Crippen LogP contribution in [0.15, 0.2) is 33.6 Å². The summed E-state index contributed by atoms with van der Waals surface area (Å²) in [4.78, 5) is 28.5. The van der Waals surface area contributed by atoms with Crippen molar-refractivity contribution < 1.29 is 27.5 Å². The number of hydrogen-bond donors (Lipinski definition) is 1. The number of Topliss-reactive ketones (excluding diaryl/α,β-unsaturated/α-hetero) is 1. The molecule has 1 N–H and O–H groups in total. The van der Waals surface area contributed by atoms with Crippen molar-refractivity contribution in [1.29, 1.82) is 0 Å². The third kappa shape index (κ3) is 5.43. The Morgan fingerprint density at radius 3 is 2.35 bits per heavy atom. The lowest BCUT2D eigenvalue weighted by atomic mass is 10.0. The Bertz CT molecular complexity index is 1050. The molecule has 0 aliphatic carbocycles. The van der Waals surface area contributed by atoms with E-state index in [-0.39, 0.29) is 35.9 Å². The molecule has 0 spiro atoms. The number of hydrogen-bond acceptors (Lipinski definition) is 6. The molecule has 10 heteroatoms. The van der Waals surface area contributed by atoms with Crippen LogP contribution >= 0.6 is 15.9 Å². The van der Waals surface area contributed by atoms with Crippen LogP contribution in [0.3, 0.4) is 0 Å². The highest BCUT2D eigenvalue weighted by Crippen LogP contribution is 2.26. The molecule has 1 unspecified atom stereocenters. The third-order valence-electron chi connectivity index (χ3n) is 4.91. The smallest absolute Gasteiger partial charge is 0.355 e. The molecule has 2 aromatic rings. The fourth-order valence-electron chi connectivity index (χ4n) is 3.31. The molecule has 1 aromatic heterocycles. The van der Waals surface area contributed by atoms with E-state index >= 15 is 0 Å². The van der Waals surface area contributed by atoms with Crippen molar-refractivity contribution in [3.8, 4) is 0 Å². The molecule has 0 radical (unpaired) electrons. The van der Waals surface area contributed by atoms with Gasteiger partial charge in [0, 0.05) is 29.4 Å². The van der Waals surface area contributed by atoms with E-state index in [4.69, 9.17) is 9.47 Å². The van der Waals surface area contributed by atoms with E-state index in [9.17, 15) is 18.0 Å². The van der Waals surface area contributed by atoms with E-state index in [2.05, 4.69) is 20.9 Å². The van der Waals surface area contributed by atoms with Crippen molar-refractivity contribution in [2.45, 2.75) is 38.6 Å². The Hall–Kier alpha value is -2.01. The lowest BCUT2D eigenvalue weighted by Gasteiger charge is -2.27. The number of benzene rings is 1. The summed E-state index contributed by atoms with van der Waals surface area (Å²) in [5.74, 6) is -0.980. The van der Waals surface area contributed by atoms with Gasteiger partial charge in [0.25, 0.3) is 0 Å². The maximum Gasteiger partial charge on any atom is 0.355 e. The van der Waals surface area contributed by atoms with Gasteiger partial charge in [0.2, 0.25) is 10.0 Å². The molecule has 0 saturated carbocycles. The fourth-order valence-corrected chi connectivity index (χ4v) is 5.15. The summed E-state index contributed by atoms with van der Waals surface area (Å²) in [6.45, 7) is 6.84. The first-order valence-corrected chi connectivity index (χ1v) is 12.0. The molecule has 170 valence electrons. The molecule has 0 amide bonds. The normalized spacial score (nSPS) is 12.7. The van der Waals surface area contributed by atoms with Gasteiger partial charge in [-0.3, -0.25) is 4.79 Å². The highest BCUT2D eigenvalue weighted by Gasteiger charge is 2.35. The first kappa shape index (κ1) is 25.3. The van der Waals surface area contributed by atoms with E-state index in [1.54, 1.807) is 32.9 Å². The second-order valence-electron chi connectivity index (χ2n) is 6.95. The Balaban J connectivity index is 2.46. The Labute approximate surface area is 191 Å². The Morgan fingerprint density at radius 1 is 1.19 bits per heavy atom. The minimum atomic E-state index is -3.98. The van der Waals surface area contributed by atoms with Crippen LogP contribution in [0.4, 0.5) is 0 Å². The number of carbonyl (C=O) groups is 2. The standard InChI is InChI=1S/C21H27BrN2O6S/c1-6-30-21(26)19-13(2)18(14(3)23-19)20(25)15(4)24(11-12-29-5)31(27,28)17-9-7-16(22)8-10-17/h7-10,15,23H,6,11-12H2,1-5H3. The summed E-state index contributed by atoms with van der Waals surface area (Å²) in [6.07, 6.45) is 0. The summed E-state index contributed by atoms with van der Waals surface area (Å²) in [6, 6.07) is 5.18. The second-order valence-corrected chi connectivity index (χ2v) is 9.75. The van der Waals surface area contributed by atoms with Gasteiger partial charge >= 0.3 is 5.97 Å². The van der Waals surface area contributed by atoms with Crippen LogP contribution in [0.1, 0.15) is 46.0 Å². The number of aryl methyl sites for hydroxylation is 1. The van der Waals surface area contributed by atoms with E-state index in [1.807, 2.05) is 0 Å². The Kier molecular flexibility index (Phi) is 8.58. The quantitative estimate of drug-likeness (QED) is 0.384. The van der Waals surface area contributed by atoms with Gasteiger partial charge in [-0.15, -0.1) is 0 Å². The van der Waals surface area contributed by atoms with Gasteiger partial charge in [-0.1, -0.05) is 15.9 Å². The maximum atomic E-state index is 13.4. The van der Waals surface area contributed by atoms with Crippen molar-refractivity contribution in [3.05, 3.63) is 51.3 Å². The number of ketones is 1. The predicted molar refractivity (Wildman–Crippen MR) is 120 cm³/mol. The zero-order valence-electron chi connectivity index (χ0n) is 18.2. The van der Waals surface area contributed by atoms with E-state index in [0.717, 1.165) is 8.78 Å². The molecular weight excluding hydrogens is 488 g/mol.